The molecule has 126 valence electrons. The summed E-state index contributed by atoms with van der Waals surface area (Å²) in [4.78, 5) is 33.1. The van der Waals surface area contributed by atoms with Crippen LogP contribution in [0.2, 0.25) is 5.15 Å². The number of anilines is 1. The first-order valence-corrected chi connectivity index (χ1v) is 7.60. The zero-order valence-corrected chi connectivity index (χ0v) is 13.6. The highest BCUT2D eigenvalue weighted by Crippen LogP contribution is 2.23. The Hall–Kier alpha value is -1.96. The van der Waals surface area contributed by atoms with Gasteiger partial charge >= 0.3 is 6.09 Å². The van der Waals surface area contributed by atoms with Crippen LogP contribution in [0.25, 0.3) is 0 Å². The minimum Gasteiger partial charge on any atom is -0.449 e. The number of carbonyl (C=O) groups is 2. The van der Waals surface area contributed by atoms with E-state index in [0.717, 1.165) is 4.90 Å². The topological polar surface area (TPSA) is 84.4 Å². The molecule has 1 aromatic rings. The van der Waals surface area contributed by atoms with E-state index < -0.39 is 24.2 Å². The number of hydrogen-bond donors (Lipinski definition) is 1. The molecule has 0 radical (unpaired) electrons. The van der Waals surface area contributed by atoms with Gasteiger partial charge in [0.15, 0.2) is 5.82 Å². The van der Waals surface area contributed by atoms with Crippen molar-refractivity contribution in [2.24, 2.45) is 5.92 Å². The third kappa shape index (κ3) is 4.75. The smallest absolute Gasteiger partial charge is 0.410 e. The van der Waals surface area contributed by atoms with Crippen molar-refractivity contribution in [1.29, 1.82) is 0 Å². The van der Waals surface area contributed by atoms with Crippen LogP contribution >= 0.6 is 11.6 Å². The van der Waals surface area contributed by atoms with E-state index in [1.165, 1.54) is 12.4 Å². The van der Waals surface area contributed by atoms with E-state index in [-0.39, 0.29) is 36.5 Å². The standard InChI is InChI=1S/C14H18ClFN4O3/c1-8(2)7-23-14(22)20-6-9(16)3-10(20)13(21)19-12-5-17-4-11(15)18-12/h4-5,8-10H,3,6-7H2,1-2H3,(H,18,19,21). The van der Waals surface area contributed by atoms with E-state index in [1.807, 2.05) is 13.8 Å². The van der Waals surface area contributed by atoms with Crippen LogP contribution in [0.3, 0.4) is 0 Å². The van der Waals surface area contributed by atoms with Gasteiger partial charge in [0, 0.05) is 6.42 Å². The maximum atomic E-state index is 13.7. The van der Waals surface area contributed by atoms with Gasteiger partial charge in [-0.3, -0.25) is 14.7 Å². The number of aromatic nitrogens is 2. The van der Waals surface area contributed by atoms with Crippen molar-refractivity contribution in [3.63, 3.8) is 0 Å². The van der Waals surface area contributed by atoms with Crippen LogP contribution in [-0.4, -0.2) is 52.2 Å². The van der Waals surface area contributed by atoms with Crippen LogP contribution in [0.1, 0.15) is 20.3 Å². The van der Waals surface area contributed by atoms with Crippen molar-refractivity contribution in [1.82, 2.24) is 14.9 Å². The number of alkyl halides is 1. The van der Waals surface area contributed by atoms with Gasteiger partial charge in [0.1, 0.15) is 17.4 Å². The van der Waals surface area contributed by atoms with Crippen LogP contribution in [-0.2, 0) is 9.53 Å². The minimum absolute atomic E-state index is 0.0867. The molecule has 1 aliphatic heterocycles. The lowest BCUT2D eigenvalue weighted by Crippen LogP contribution is -2.43. The fraction of sp³-hybridized carbons (Fsp3) is 0.571. The molecule has 9 heteroatoms. The summed E-state index contributed by atoms with van der Waals surface area (Å²) in [6.07, 6.45) is 0.572. The number of nitrogens with zero attached hydrogens (tertiary/aromatic N) is 3. The fourth-order valence-electron chi connectivity index (χ4n) is 2.17. The van der Waals surface area contributed by atoms with Gasteiger partial charge < -0.3 is 10.1 Å². The van der Waals surface area contributed by atoms with Crippen molar-refractivity contribution in [3.05, 3.63) is 17.5 Å². The maximum Gasteiger partial charge on any atom is 0.410 e. The van der Waals surface area contributed by atoms with Crippen molar-refractivity contribution in [3.8, 4) is 0 Å². The normalized spacial score (nSPS) is 20.7. The molecule has 23 heavy (non-hydrogen) atoms. The van der Waals surface area contributed by atoms with Crippen molar-refractivity contribution in [2.75, 3.05) is 18.5 Å². The van der Waals surface area contributed by atoms with E-state index in [9.17, 15) is 14.0 Å². The molecule has 2 heterocycles. The van der Waals surface area contributed by atoms with Crippen molar-refractivity contribution in [2.45, 2.75) is 32.5 Å². The molecule has 0 aliphatic carbocycles. The molecule has 0 bridgehead atoms. The number of carbonyl (C=O) groups excluding carboxylic acids is 2. The number of halogens is 2. The van der Waals surface area contributed by atoms with E-state index >= 15 is 0 Å². The van der Waals surface area contributed by atoms with Crippen LogP contribution in [0.5, 0.6) is 0 Å². The first-order valence-electron chi connectivity index (χ1n) is 7.22. The average Bonchev–Trinajstić information content (AvgIpc) is 2.87. The Bertz CT molecular complexity index is 587. The van der Waals surface area contributed by atoms with E-state index in [0.29, 0.717) is 0 Å². The highest BCUT2D eigenvalue weighted by Gasteiger charge is 2.40. The molecule has 1 fully saturated rings. The number of ether oxygens (including phenoxy) is 1. The Labute approximate surface area is 138 Å². The van der Waals surface area contributed by atoms with Gasteiger partial charge in [0.2, 0.25) is 5.91 Å². The van der Waals surface area contributed by atoms with Crippen LogP contribution in [0, 0.1) is 5.92 Å². The van der Waals surface area contributed by atoms with Crippen LogP contribution < -0.4 is 5.32 Å². The Morgan fingerprint density at radius 1 is 1.52 bits per heavy atom. The predicted octanol–water partition coefficient (Wildman–Crippen LogP) is 2.27. The molecule has 2 unspecified atom stereocenters. The number of rotatable bonds is 4. The highest BCUT2D eigenvalue weighted by atomic mass is 35.5. The zero-order chi connectivity index (χ0) is 17.0. The molecule has 2 rings (SSSR count). The second-order valence-electron chi connectivity index (χ2n) is 5.69. The predicted molar refractivity (Wildman–Crippen MR) is 81.9 cm³/mol. The summed E-state index contributed by atoms with van der Waals surface area (Å²) in [7, 11) is 0. The summed E-state index contributed by atoms with van der Waals surface area (Å²) in [5, 5.41) is 2.60. The minimum atomic E-state index is -1.28. The molecule has 7 nitrogen and oxygen atoms in total. The molecule has 0 saturated carbocycles. The van der Waals surface area contributed by atoms with Gasteiger partial charge in [-0.25, -0.2) is 14.2 Å². The third-order valence-electron chi connectivity index (χ3n) is 3.18. The molecule has 2 atom stereocenters. The zero-order valence-electron chi connectivity index (χ0n) is 12.8. The van der Waals surface area contributed by atoms with Gasteiger partial charge in [-0.2, -0.15) is 0 Å². The highest BCUT2D eigenvalue weighted by molar-refractivity contribution is 6.29. The number of amides is 2. The first kappa shape index (κ1) is 17.4. The molecular formula is C14H18ClFN4O3. The Morgan fingerprint density at radius 2 is 2.26 bits per heavy atom. The van der Waals surface area contributed by atoms with Crippen LogP contribution in [0.4, 0.5) is 15.0 Å². The lowest BCUT2D eigenvalue weighted by atomic mass is 10.2. The second-order valence-corrected chi connectivity index (χ2v) is 6.08. The first-order chi connectivity index (χ1) is 10.9. The van der Waals surface area contributed by atoms with Crippen LogP contribution in [0.15, 0.2) is 12.4 Å². The quantitative estimate of drug-likeness (QED) is 0.905. The molecule has 0 aromatic carbocycles. The molecule has 1 N–H and O–H groups in total. The molecule has 1 aliphatic rings. The van der Waals surface area contributed by atoms with Gasteiger partial charge in [0.05, 0.1) is 25.5 Å². The van der Waals surface area contributed by atoms with E-state index in [2.05, 4.69) is 15.3 Å². The molecular weight excluding hydrogens is 327 g/mol. The molecule has 0 spiro atoms. The molecule has 2 amide bonds. The summed E-state index contributed by atoms with van der Waals surface area (Å²) in [5.74, 6) is -0.264. The van der Waals surface area contributed by atoms with E-state index in [1.54, 1.807) is 0 Å². The lowest BCUT2D eigenvalue weighted by molar-refractivity contribution is -0.120. The monoisotopic (exact) mass is 344 g/mol. The second kappa shape index (κ2) is 7.54. The number of hydrogen-bond acceptors (Lipinski definition) is 5. The summed E-state index contributed by atoms with van der Waals surface area (Å²) in [6.45, 7) is 3.81. The largest absolute Gasteiger partial charge is 0.449 e. The van der Waals surface area contributed by atoms with Gasteiger partial charge in [0.25, 0.3) is 0 Å². The Kier molecular flexibility index (Phi) is 5.70. The number of likely N-dealkylation sites (tertiary alicyclic amines) is 1. The summed E-state index contributed by atoms with van der Waals surface area (Å²) < 4.78 is 18.7. The van der Waals surface area contributed by atoms with Crippen molar-refractivity contribution >= 4 is 29.4 Å². The fourth-order valence-corrected chi connectivity index (χ4v) is 2.32. The van der Waals surface area contributed by atoms with Gasteiger partial charge in [-0.05, 0) is 5.92 Å². The third-order valence-corrected chi connectivity index (χ3v) is 3.37. The van der Waals surface area contributed by atoms with Gasteiger partial charge in [-0.1, -0.05) is 25.4 Å². The lowest BCUT2D eigenvalue weighted by Gasteiger charge is -2.23. The van der Waals surface area contributed by atoms with Crippen molar-refractivity contribution < 1.29 is 18.7 Å². The SMILES string of the molecule is CC(C)COC(=O)N1CC(F)CC1C(=O)Nc1cncc(Cl)n1. The Balaban J connectivity index is 2.03. The summed E-state index contributed by atoms with van der Waals surface area (Å²) in [5.41, 5.74) is 0. The summed E-state index contributed by atoms with van der Waals surface area (Å²) in [6, 6.07) is -0.953. The molecule has 1 saturated heterocycles. The molecule has 1 aromatic heterocycles. The van der Waals surface area contributed by atoms with E-state index in [4.69, 9.17) is 16.3 Å². The Morgan fingerprint density at radius 3 is 2.91 bits per heavy atom. The summed E-state index contributed by atoms with van der Waals surface area (Å²) >= 11 is 5.69. The maximum absolute atomic E-state index is 13.7. The van der Waals surface area contributed by atoms with Gasteiger partial charge in [-0.15, -0.1) is 0 Å². The number of nitrogens with one attached hydrogen (secondary N) is 1. The average molecular weight is 345 g/mol.